The number of carbonyl (C=O) groups is 2. The Labute approximate surface area is 227 Å². The normalized spacial score (nSPS) is 15.3. The predicted molar refractivity (Wildman–Crippen MR) is 144 cm³/mol. The third kappa shape index (κ3) is 5.83. The Balaban J connectivity index is 1.53. The Morgan fingerprint density at radius 3 is 2.53 bits per heavy atom. The van der Waals surface area contributed by atoms with Crippen LogP contribution in [0.4, 0.5) is 16.0 Å². The zero-order chi connectivity index (χ0) is 27.5. The number of carbonyl (C=O) groups excluding carboxylic acids is 2. The van der Waals surface area contributed by atoms with Gasteiger partial charge in [-0.3, -0.25) is 9.59 Å². The fourth-order valence-corrected chi connectivity index (χ4v) is 4.95. The van der Waals surface area contributed by atoms with E-state index in [0.29, 0.717) is 25.1 Å². The number of amides is 1. The lowest BCUT2D eigenvalue weighted by molar-refractivity contribution is -0.158. The number of anilines is 2. The summed E-state index contributed by atoms with van der Waals surface area (Å²) in [4.78, 5) is 32.6. The number of likely N-dealkylation sites (tertiary alicyclic amines) is 1. The molecule has 0 atom stereocenters. The molecule has 10 heteroatoms. The number of nitrogens with zero attached hydrogens (tertiary/aromatic N) is 4. The predicted octanol–water partition coefficient (Wildman–Crippen LogP) is 5.60. The van der Waals surface area contributed by atoms with Crippen molar-refractivity contribution in [2.75, 3.05) is 25.0 Å². The molecule has 0 bridgehead atoms. The Kier molecular flexibility index (Phi) is 8.06. The van der Waals surface area contributed by atoms with E-state index in [0.717, 1.165) is 11.5 Å². The number of rotatable bonds is 7. The lowest BCUT2D eigenvalue weighted by Gasteiger charge is -2.40. The zero-order valence-electron chi connectivity index (χ0n) is 22.1. The largest absolute Gasteiger partial charge is 0.466 e. The molecule has 3 heterocycles. The van der Waals surface area contributed by atoms with Crippen LogP contribution in [0.3, 0.4) is 0 Å². The van der Waals surface area contributed by atoms with E-state index >= 15 is 0 Å². The van der Waals surface area contributed by atoms with Crippen molar-refractivity contribution < 1.29 is 18.7 Å². The summed E-state index contributed by atoms with van der Waals surface area (Å²) in [6.45, 7) is 8.79. The van der Waals surface area contributed by atoms with Crippen LogP contribution in [-0.2, 0) is 21.5 Å². The monoisotopic (exact) mass is 541 g/mol. The quantitative estimate of drug-likeness (QED) is 0.392. The summed E-state index contributed by atoms with van der Waals surface area (Å²) in [6, 6.07) is 11.9. The van der Waals surface area contributed by atoms with Crippen molar-refractivity contribution in [3.8, 4) is 0 Å². The topological polar surface area (TPSA) is 89.3 Å². The van der Waals surface area contributed by atoms with Crippen LogP contribution in [0.25, 0.3) is 0 Å². The van der Waals surface area contributed by atoms with Crippen molar-refractivity contribution in [2.24, 2.45) is 5.41 Å². The number of aromatic nitrogens is 3. The van der Waals surface area contributed by atoms with Gasteiger partial charge in [-0.1, -0.05) is 23.7 Å². The first-order chi connectivity index (χ1) is 18.0. The van der Waals surface area contributed by atoms with Crippen LogP contribution in [0.15, 0.2) is 48.7 Å². The number of pyridine rings is 1. The van der Waals surface area contributed by atoms with Crippen LogP contribution in [0.2, 0.25) is 5.02 Å². The van der Waals surface area contributed by atoms with Gasteiger partial charge in [0.25, 0.3) is 5.91 Å². The van der Waals surface area contributed by atoms with Gasteiger partial charge in [0.2, 0.25) is 0 Å². The summed E-state index contributed by atoms with van der Waals surface area (Å²) >= 11 is 5.87. The van der Waals surface area contributed by atoms with Gasteiger partial charge in [-0.25, -0.2) is 14.1 Å². The summed E-state index contributed by atoms with van der Waals surface area (Å²) in [5.74, 6) is -0.0455. The van der Waals surface area contributed by atoms with Crippen molar-refractivity contribution in [3.05, 3.63) is 70.8 Å². The fourth-order valence-electron chi connectivity index (χ4n) is 4.77. The minimum absolute atomic E-state index is 0.0731. The molecule has 1 aromatic carbocycles. The molecule has 1 saturated heterocycles. The lowest BCUT2D eigenvalue weighted by Crippen LogP contribution is -2.48. The van der Waals surface area contributed by atoms with Gasteiger partial charge in [-0.15, -0.1) is 0 Å². The Hall–Kier alpha value is -3.46. The van der Waals surface area contributed by atoms with Gasteiger partial charge in [0, 0.05) is 31.3 Å². The molecule has 38 heavy (non-hydrogen) atoms. The lowest BCUT2D eigenvalue weighted by atomic mass is 9.74. The SMILES string of the molecule is CCOC(=O)C1(Cc2cccc(Nc3ccnn3C(C)(C)C)n2)CCN(C(=O)c2cccc(Cl)c2F)CC1. The maximum atomic E-state index is 14.5. The molecule has 3 aromatic rings. The van der Waals surface area contributed by atoms with E-state index in [-0.39, 0.29) is 41.8 Å². The van der Waals surface area contributed by atoms with Crippen molar-refractivity contribution >= 4 is 35.1 Å². The maximum Gasteiger partial charge on any atom is 0.312 e. The second-order valence-corrected chi connectivity index (χ2v) is 10.9. The van der Waals surface area contributed by atoms with Crippen LogP contribution in [0.1, 0.15) is 56.6 Å². The first-order valence-electron chi connectivity index (χ1n) is 12.7. The van der Waals surface area contributed by atoms with E-state index in [2.05, 4.69) is 31.2 Å². The highest BCUT2D eigenvalue weighted by atomic mass is 35.5. The highest BCUT2D eigenvalue weighted by Crippen LogP contribution is 2.37. The Bertz CT molecular complexity index is 1310. The summed E-state index contributed by atoms with van der Waals surface area (Å²) in [7, 11) is 0. The van der Waals surface area contributed by atoms with Crippen molar-refractivity contribution in [1.29, 1.82) is 0 Å². The van der Waals surface area contributed by atoms with E-state index < -0.39 is 17.1 Å². The molecule has 0 spiro atoms. The van der Waals surface area contributed by atoms with Crippen LogP contribution in [0.5, 0.6) is 0 Å². The standard InChI is InChI=1S/C28H33ClFN5O3/c1-5-38-26(37)28(13-16-34(17-14-28)25(36)20-9-7-10-21(29)24(20)30)18-19-8-6-11-22(32-19)33-23-12-15-31-35(23)27(2,3)4/h6-12,15H,5,13-14,16-18H2,1-4H3,(H,32,33). The van der Waals surface area contributed by atoms with Crippen LogP contribution >= 0.6 is 11.6 Å². The first-order valence-corrected chi connectivity index (χ1v) is 13.1. The number of ether oxygens (including phenoxy) is 1. The van der Waals surface area contributed by atoms with Crippen LogP contribution < -0.4 is 5.32 Å². The average Bonchev–Trinajstić information content (AvgIpc) is 3.35. The van der Waals surface area contributed by atoms with Crippen molar-refractivity contribution in [2.45, 2.75) is 52.5 Å². The average molecular weight is 542 g/mol. The third-order valence-electron chi connectivity index (χ3n) is 6.76. The summed E-state index contributed by atoms with van der Waals surface area (Å²) < 4.78 is 21.8. The number of hydrogen-bond donors (Lipinski definition) is 1. The molecule has 1 N–H and O–H groups in total. The van der Waals surface area contributed by atoms with Gasteiger partial charge in [0.05, 0.1) is 34.3 Å². The molecule has 0 radical (unpaired) electrons. The van der Waals surface area contributed by atoms with Crippen LogP contribution in [-0.4, -0.2) is 51.2 Å². The number of piperidine rings is 1. The minimum atomic E-state index is -0.849. The Morgan fingerprint density at radius 1 is 1.13 bits per heavy atom. The number of halogens is 2. The van der Waals surface area contributed by atoms with Gasteiger partial charge in [-0.05, 0) is 64.8 Å². The zero-order valence-corrected chi connectivity index (χ0v) is 22.9. The fraction of sp³-hybridized carbons (Fsp3) is 0.429. The number of nitrogens with one attached hydrogen (secondary N) is 1. The summed E-state index contributed by atoms with van der Waals surface area (Å²) in [5, 5.41) is 7.64. The highest BCUT2D eigenvalue weighted by molar-refractivity contribution is 6.31. The van der Waals surface area contributed by atoms with Gasteiger partial charge < -0.3 is 15.0 Å². The second-order valence-electron chi connectivity index (χ2n) is 10.5. The van der Waals surface area contributed by atoms with E-state index in [1.165, 1.54) is 12.1 Å². The molecule has 1 fully saturated rings. The summed E-state index contributed by atoms with van der Waals surface area (Å²) in [6.07, 6.45) is 2.83. The number of hydrogen-bond acceptors (Lipinski definition) is 6. The molecular formula is C28H33ClFN5O3. The second kappa shape index (κ2) is 11.1. The summed E-state index contributed by atoms with van der Waals surface area (Å²) in [5.41, 5.74) is -0.406. The highest BCUT2D eigenvalue weighted by Gasteiger charge is 2.44. The smallest absolute Gasteiger partial charge is 0.312 e. The molecule has 1 aliphatic heterocycles. The van der Waals surface area contributed by atoms with E-state index in [4.69, 9.17) is 21.3 Å². The van der Waals surface area contributed by atoms with Gasteiger partial charge in [0.15, 0.2) is 5.82 Å². The molecule has 8 nitrogen and oxygen atoms in total. The van der Waals surface area contributed by atoms with Crippen molar-refractivity contribution in [1.82, 2.24) is 19.7 Å². The van der Waals surface area contributed by atoms with Gasteiger partial charge in [-0.2, -0.15) is 5.10 Å². The molecule has 1 aliphatic rings. The van der Waals surface area contributed by atoms with E-state index in [1.807, 2.05) is 28.9 Å². The molecule has 0 unspecified atom stereocenters. The molecule has 1 amide bonds. The number of esters is 1. The van der Waals surface area contributed by atoms with E-state index in [9.17, 15) is 14.0 Å². The molecular weight excluding hydrogens is 509 g/mol. The minimum Gasteiger partial charge on any atom is -0.466 e. The maximum absolute atomic E-state index is 14.5. The van der Waals surface area contributed by atoms with Crippen LogP contribution in [0, 0.1) is 11.2 Å². The van der Waals surface area contributed by atoms with Crippen molar-refractivity contribution in [3.63, 3.8) is 0 Å². The molecule has 0 aliphatic carbocycles. The molecule has 0 saturated carbocycles. The molecule has 2 aromatic heterocycles. The first kappa shape index (κ1) is 27.6. The van der Waals surface area contributed by atoms with Gasteiger partial charge >= 0.3 is 5.97 Å². The third-order valence-corrected chi connectivity index (χ3v) is 7.05. The molecule has 202 valence electrons. The Morgan fingerprint density at radius 2 is 1.84 bits per heavy atom. The number of benzene rings is 1. The molecule has 4 rings (SSSR count). The van der Waals surface area contributed by atoms with E-state index in [1.54, 1.807) is 24.1 Å². The van der Waals surface area contributed by atoms with Gasteiger partial charge in [0.1, 0.15) is 11.6 Å².